The highest BCUT2D eigenvalue weighted by Gasteiger charge is 2.22. The van der Waals surface area contributed by atoms with Crippen LogP contribution in [0.4, 0.5) is 0 Å². The molecule has 2 aromatic carbocycles. The fourth-order valence-corrected chi connectivity index (χ4v) is 5.96. The van der Waals surface area contributed by atoms with E-state index in [0.717, 1.165) is 58.5 Å². The van der Waals surface area contributed by atoms with Gasteiger partial charge in [0.1, 0.15) is 17.1 Å². The van der Waals surface area contributed by atoms with Crippen LogP contribution >= 0.6 is 22.9 Å². The third-order valence-corrected chi connectivity index (χ3v) is 7.93. The lowest BCUT2D eigenvalue weighted by molar-refractivity contribution is -0.123. The van der Waals surface area contributed by atoms with Crippen molar-refractivity contribution in [3.63, 3.8) is 0 Å². The van der Waals surface area contributed by atoms with Crippen LogP contribution in [0.15, 0.2) is 47.8 Å². The number of amides is 1. The fraction of sp³-hybridized carbons (Fsp3) is 0.296. The Morgan fingerprint density at radius 3 is 2.89 bits per heavy atom. The maximum absolute atomic E-state index is 11.8. The van der Waals surface area contributed by atoms with Crippen molar-refractivity contribution in [1.82, 2.24) is 20.8 Å². The van der Waals surface area contributed by atoms with E-state index in [-0.39, 0.29) is 11.8 Å². The highest BCUT2D eigenvalue weighted by atomic mass is 35.5. The molecule has 0 bridgehead atoms. The third-order valence-electron chi connectivity index (χ3n) is 6.77. The lowest BCUT2D eigenvalue weighted by atomic mass is 9.96. The predicted molar refractivity (Wildman–Crippen MR) is 140 cm³/mol. The topological polar surface area (TPSA) is 76.1 Å². The number of thiophene rings is 1. The number of rotatable bonds is 5. The van der Waals surface area contributed by atoms with Crippen molar-refractivity contribution in [2.75, 3.05) is 19.7 Å². The molecule has 1 saturated heterocycles. The normalized spacial score (nSPS) is 17.7. The molecular weight excluding hydrogens is 480 g/mol. The molecular formula is C27H25ClN4O2S. The van der Waals surface area contributed by atoms with Crippen molar-refractivity contribution in [1.29, 1.82) is 0 Å². The van der Waals surface area contributed by atoms with Gasteiger partial charge in [-0.1, -0.05) is 23.7 Å². The van der Waals surface area contributed by atoms with Crippen LogP contribution in [0.2, 0.25) is 5.02 Å². The summed E-state index contributed by atoms with van der Waals surface area (Å²) >= 11 is 7.98. The Hall–Kier alpha value is -3.00. The average Bonchev–Trinajstić information content (AvgIpc) is 3.37. The van der Waals surface area contributed by atoms with Crippen molar-refractivity contribution in [3.05, 3.63) is 64.0 Å². The van der Waals surface area contributed by atoms with Crippen LogP contribution in [0.3, 0.4) is 0 Å². The van der Waals surface area contributed by atoms with Crippen LogP contribution in [-0.4, -0.2) is 35.8 Å². The lowest BCUT2D eigenvalue weighted by Crippen LogP contribution is -2.35. The van der Waals surface area contributed by atoms with Crippen molar-refractivity contribution in [2.45, 2.75) is 25.8 Å². The molecule has 4 heterocycles. The van der Waals surface area contributed by atoms with Gasteiger partial charge in [0.25, 0.3) is 0 Å². The van der Waals surface area contributed by atoms with Crippen LogP contribution in [0, 0.1) is 5.92 Å². The number of ether oxygens (including phenoxy) is 1. The number of halogens is 1. The van der Waals surface area contributed by atoms with E-state index in [4.69, 9.17) is 26.5 Å². The van der Waals surface area contributed by atoms with E-state index in [0.29, 0.717) is 30.3 Å². The molecule has 8 heteroatoms. The number of nitrogens with one attached hydrogen (secondary N) is 2. The highest BCUT2D eigenvalue weighted by molar-refractivity contribution is 7.17. The Balaban J connectivity index is 1.36. The Bertz CT molecular complexity index is 1420. The SMILES string of the molecule is O=C1CC(COc2cc(Cl)ccc2-c2nnc(-c3ccc4c(c3)CCNC4)c3ccsc23)CCN1. The third kappa shape index (κ3) is 4.51. The number of carbonyl (C=O) groups excluding carboxylic acids is 1. The van der Waals surface area contributed by atoms with E-state index in [1.807, 2.05) is 18.2 Å². The Morgan fingerprint density at radius 1 is 1.06 bits per heavy atom. The molecule has 6 rings (SSSR count). The maximum atomic E-state index is 11.8. The summed E-state index contributed by atoms with van der Waals surface area (Å²) in [5.74, 6) is 0.933. The monoisotopic (exact) mass is 504 g/mol. The minimum Gasteiger partial charge on any atom is -0.493 e. The molecule has 1 fully saturated rings. The number of hydrogen-bond donors (Lipinski definition) is 2. The molecule has 2 N–H and O–H groups in total. The molecule has 0 spiro atoms. The smallest absolute Gasteiger partial charge is 0.220 e. The molecule has 0 radical (unpaired) electrons. The van der Waals surface area contributed by atoms with Gasteiger partial charge in [-0.05, 0) is 66.2 Å². The number of hydrogen-bond acceptors (Lipinski definition) is 6. The zero-order valence-electron chi connectivity index (χ0n) is 19.1. The van der Waals surface area contributed by atoms with E-state index in [2.05, 4.69) is 40.3 Å². The second-order valence-corrected chi connectivity index (χ2v) is 10.5. The van der Waals surface area contributed by atoms with Gasteiger partial charge in [0, 0.05) is 47.0 Å². The van der Waals surface area contributed by atoms with Crippen LogP contribution < -0.4 is 15.4 Å². The standard InChI is InChI=1S/C27H25ClN4O2S/c28-20-3-4-21(23(13-20)34-15-16-5-9-30-24(33)11-16)26-27-22(7-10-35-27)25(31-32-26)18-1-2-19-14-29-8-6-17(19)12-18/h1-4,7,10,12-13,16,29H,5-6,8-9,11,14-15H2,(H,30,33). The Labute approximate surface area is 212 Å². The highest BCUT2D eigenvalue weighted by Crippen LogP contribution is 2.40. The van der Waals surface area contributed by atoms with Gasteiger partial charge >= 0.3 is 0 Å². The Morgan fingerprint density at radius 2 is 1.97 bits per heavy atom. The first-order valence-electron chi connectivity index (χ1n) is 11.9. The van der Waals surface area contributed by atoms with Gasteiger partial charge in [-0.15, -0.1) is 21.5 Å². The summed E-state index contributed by atoms with van der Waals surface area (Å²) in [5.41, 5.74) is 6.36. The molecule has 6 nitrogen and oxygen atoms in total. The molecule has 178 valence electrons. The van der Waals surface area contributed by atoms with E-state index in [9.17, 15) is 4.79 Å². The molecule has 1 amide bonds. The summed E-state index contributed by atoms with van der Waals surface area (Å²) in [6.07, 6.45) is 2.41. The zero-order valence-corrected chi connectivity index (χ0v) is 20.7. The van der Waals surface area contributed by atoms with Gasteiger partial charge in [-0.2, -0.15) is 0 Å². The number of fused-ring (bicyclic) bond motifs is 2. The molecule has 1 unspecified atom stereocenters. The molecule has 4 aromatic rings. The first kappa shape index (κ1) is 22.5. The van der Waals surface area contributed by atoms with Crippen molar-refractivity contribution in [3.8, 4) is 28.3 Å². The lowest BCUT2D eigenvalue weighted by Gasteiger charge is -2.23. The number of nitrogens with zero attached hydrogens (tertiary/aromatic N) is 2. The minimum atomic E-state index is 0.0800. The molecule has 2 aromatic heterocycles. The summed E-state index contributed by atoms with van der Waals surface area (Å²) in [4.78, 5) is 11.8. The van der Waals surface area contributed by atoms with E-state index >= 15 is 0 Å². The van der Waals surface area contributed by atoms with Crippen molar-refractivity contribution < 1.29 is 9.53 Å². The van der Waals surface area contributed by atoms with E-state index < -0.39 is 0 Å². The quantitative estimate of drug-likeness (QED) is 0.389. The van der Waals surface area contributed by atoms with Gasteiger partial charge in [-0.3, -0.25) is 4.79 Å². The van der Waals surface area contributed by atoms with Crippen molar-refractivity contribution >= 4 is 38.9 Å². The summed E-state index contributed by atoms with van der Waals surface area (Å²) in [6, 6.07) is 14.3. The van der Waals surface area contributed by atoms with Gasteiger partial charge in [-0.25, -0.2) is 0 Å². The molecule has 1 atom stereocenters. The van der Waals surface area contributed by atoms with E-state index in [1.165, 1.54) is 11.1 Å². The summed E-state index contributed by atoms with van der Waals surface area (Å²) in [5, 5.41) is 19.5. The van der Waals surface area contributed by atoms with Gasteiger partial charge in [0.15, 0.2) is 0 Å². The largest absolute Gasteiger partial charge is 0.493 e. The van der Waals surface area contributed by atoms with E-state index in [1.54, 1.807) is 11.3 Å². The summed E-state index contributed by atoms with van der Waals surface area (Å²) in [7, 11) is 0. The minimum absolute atomic E-state index is 0.0800. The van der Waals surface area contributed by atoms with Crippen LogP contribution in [0.25, 0.3) is 32.6 Å². The fourth-order valence-electron chi connectivity index (χ4n) is 4.91. The van der Waals surface area contributed by atoms with Gasteiger partial charge in [0.2, 0.25) is 5.91 Å². The second kappa shape index (κ2) is 9.57. The zero-order chi connectivity index (χ0) is 23.8. The van der Waals surface area contributed by atoms with Gasteiger partial charge < -0.3 is 15.4 Å². The molecule has 2 aliphatic heterocycles. The number of carbonyl (C=O) groups is 1. The average molecular weight is 505 g/mol. The molecule has 35 heavy (non-hydrogen) atoms. The summed E-state index contributed by atoms with van der Waals surface area (Å²) in [6.45, 7) is 3.07. The first-order chi connectivity index (χ1) is 17.2. The van der Waals surface area contributed by atoms with Crippen LogP contribution in [0.1, 0.15) is 24.0 Å². The molecule has 0 aliphatic carbocycles. The number of piperidine rings is 1. The second-order valence-electron chi connectivity index (χ2n) is 9.13. The molecule has 0 saturated carbocycles. The first-order valence-corrected chi connectivity index (χ1v) is 13.2. The van der Waals surface area contributed by atoms with Gasteiger partial charge in [0.05, 0.1) is 11.3 Å². The van der Waals surface area contributed by atoms with Crippen molar-refractivity contribution in [2.24, 2.45) is 5.92 Å². The number of aromatic nitrogens is 2. The van der Waals surface area contributed by atoms with Crippen LogP contribution in [-0.2, 0) is 17.8 Å². The molecule has 2 aliphatic rings. The summed E-state index contributed by atoms with van der Waals surface area (Å²) < 4.78 is 7.30. The maximum Gasteiger partial charge on any atom is 0.220 e. The Kier molecular flexibility index (Phi) is 6.14. The van der Waals surface area contributed by atoms with Crippen LogP contribution in [0.5, 0.6) is 5.75 Å². The number of benzene rings is 2. The predicted octanol–water partition coefficient (Wildman–Crippen LogP) is 5.23.